The van der Waals surface area contributed by atoms with Crippen molar-refractivity contribution in [3.63, 3.8) is 0 Å². The number of aliphatic hydroxyl groups is 1. The maximum atomic E-state index is 14.5. The smallest absolute Gasteiger partial charge is 0.131 e. The highest BCUT2D eigenvalue weighted by Gasteiger charge is 2.38. The molecule has 1 aliphatic rings. The number of piperazine rings is 1. The first-order valence-corrected chi connectivity index (χ1v) is 7.39. The number of nitrogens with zero attached hydrogens (tertiary/aromatic N) is 1. The van der Waals surface area contributed by atoms with Gasteiger partial charge in [-0.2, -0.15) is 0 Å². The molecule has 1 saturated heterocycles. The minimum Gasteiger partial charge on any atom is -0.496 e. The van der Waals surface area contributed by atoms with E-state index in [9.17, 15) is 9.50 Å². The number of benzene rings is 1. The van der Waals surface area contributed by atoms with E-state index in [1.165, 1.54) is 6.07 Å². The number of nitrogens with one attached hydrogen (secondary N) is 1. The lowest BCUT2D eigenvalue weighted by molar-refractivity contribution is 0.0273. The summed E-state index contributed by atoms with van der Waals surface area (Å²) >= 11 is 0. The van der Waals surface area contributed by atoms with Gasteiger partial charge in [0.05, 0.1) is 7.11 Å². The number of hydrogen-bond acceptors (Lipinski definition) is 4. The van der Waals surface area contributed by atoms with Crippen molar-refractivity contribution in [2.75, 3.05) is 39.9 Å². The van der Waals surface area contributed by atoms with Gasteiger partial charge < -0.3 is 15.2 Å². The third-order valence-electron chi connectivity index (χ3n) is 4.17. The van der Waals surface area contributed by atoms with Crippen LogP contribution in [0.3, 0.4) is 0 Å². The molecular weight excluding hydrogens is 271 g/mol. The lowest BCUT2D eigenvalue weighted by atomic mass is 9.79. The highest BCUT2D eigenvalue weighted by molar-refractivity contribution is 5.38. The Bertz CT molecular complexity index is 473. The maximum Gasteiger partial charge on any atom is 0.131 e. The molecule has 2 rings (SSSR count). The summed E-state index contributed by atoms with van der Waals surface area (Å²) in [4.78, 5) is 2.23. The topological polar surface area (TPSA) is 44.7 Å². The number of aliphatic hydroxyl groups excluding tert-OH is 1. The van der Waals surface area contributed by atoms with E-state index < -0.39 is 5.41 Å². The molecular formula is C16H25FN2O2. The van der Waals surface area contributed by atoms with E-state index in [2.05, 4.69) is 10.2 Å². The van der Waals surface area contributed by atoms with Crippen molar-refractivity contribution in [2.24, 2.45) is 5.41 Å². The maximum absolute atomic E-state index is 14.5. The molecule has 0 aliphatic carbocycles. The molecule has 0 saturated carbocycles. The standard InChI is InChI=1S/C16H25FN2O2/c1-16(2,11-20)15(19-9-7-18-8-10-19)14-12(17)5-4-6-13(14)21-3/h4-6,15,18,20H,7-11H2,1-3H3/t15-/m0/s1. The van der Waals surface area contributed by atoms with Crippen LogP contribution >= 0.6 is 0 Å². The number of halogens is 1. The van der Waals surface area contributed by atoms with E-state index in [1.807, 2.05) is 13.8 Å². The molecule has 0 radical (unpaired) electrons. The molecule has 21 heavy (non-hydrogen) atoms. The van der Waals surface area contributed by atoms with Crippen LogP contribution in [0.1, 0.15) is 25.5 Å². The molecule has 1 aromatic carbocycles. The van der Waals surface area contributed by atoms with E-state index in [1.54, 1.807) is 19.2 Å². The lowest BCUT2D eigenvalue weighted by Gasteiger charge is -2.43. The van der Waals surface area contributed by atoms with E-state index in [4.69, 9.17) is 4.74 Å². The van der Waals surface area contributed by atoms with E-state index >= 15 is 0 Å². The normalized spacial score (nSPS) is 18.5. The Morgan fingerprint density at radius 2 is 2.05 bits per heavy atom. The predicted molar refractivity (Wildman–Crippen MR) is 81.0 cm³/mol. The molecule has 2 N–H and O–H groups in total. The summed E-state index contributed by atoms with van der Waals surface area (Å²) in [5, 5.41) is 13.1. The Balaban J connectivity index is 2.49. The van der Waals surface area contributed by atoms with Gasteiger partial charge in [0.2, 0.25) is 0 Å². The molecule has 1 aliphatic heterocycles. The molecule has 0 spiro atoms. The first kappa shape index (κ1) is 16.2. The van der Waals surface area contributed by atoms with Crippen LogP contribution in [0.4, 0.5) is 4.39 Å². The minimum absolute atomic E-state index is 0.0148. The fourth-order valence-electron chi connectivity index (χ4n) is 3.05. The molecule has 0 bridgehead atoms. The second-order valence-corrected chi connectivity index (χ2v) is 6.19. The minimum atomic E-state index is -0.465. The van der Waals surface area contributed by atoms with Crippen molar-refractivity contribution in [3.8, 4) is 5.75 Å². The Morgan fingerprint density at radius 1 is 1.38 bits per heavy atom. The zero-order chi connectivity index (χ0) is 15.5. The average molecular weight is 296 g/mol. The third-order valence-corrected chi connectivity index (χ3v) is 4.17. The van der Waals surface area contributed by atoms with Crippen LogP contribution < -0.4 is 10.1 Å². The van der Waals surface area contributed by atoms with E-state index in [0.717, 1.165) is 26.2 Å². The van der Waals surface area contributed by atoms with Gasteiger partial charge in [0.1, 0.15) is 11.6 Å². The summed E-state index contributed by atoms with van der Waals surface area (Å²) < 4.78 is 19.9. The summed E-state index contributed by atoms with van der Waals surface area (Å²) in [7, 11) is 1.55. The number of methoxy groups -OCH3 is 1. The number of ether oxygens (including phenoxy) is 1. The van der Waals surface area contributed by atoms with Gasteiger partial charge in [-0.1, -0.05) is 19.9 Å². The third kappa shape index (κ3) is 3.36. The molecule has 0 unspecified atom stereocenters. The Labute approximate surface area is 125 Å². The quantitative estimate of drug-likeness (QED) is 0.870. The van der Waals surface area contributed by atoms with Crippen LogP contribution in [0.2, 0.25) is 0 Å². The van der Waals surface area contributed by atoms with Gasteiger partial charge in [-0.25, -0.2) is 4.39 Å². The Kier molecular flexibility index (Phi) is 5.19. The summed E-state index contributed by atoms with van der Waals surface area (Å²) in [6.07, 6.45) is 0. The zero-order valence-corrected chi connectivity index (χ0v) is 13.0. The molecule has 1 heterocycles. The molecule has 0 amide bonds. The summed E-state index contributed by atoms with van der Waals surface area (Å²) in [6.45, 7) is 7.30. The van der Waals surface area contributed by atoms with Crippen molar-refractivity contribution in [1.29, 1.82) is 0 Å². The second kappa shape index (κ2) is 6.73. The van der Waals surface area contributed by atoms with Crippen LogP contribution in [-0.4, -0.2) is 49.9 Å². The van der Waals surface area contributed by atoms with E-state index in [0.29, 0.717) is 11.3 Å². The summed E-state index contributed by atoms with van der Waals surface area (Å²) in [5.41, 5.74) is 0.0771. The van der Waals surface area contributed by atoms with Crippen molar-refractivity contribution in [1.82, 2.24) is 10.2 Å². The van der Waals surface area contributed by atoms with Crippen molar-refractivity contribution < 1.29 is 14.2 Å². The van der Waals surface area contributed by atoms with Crippen LogP contribution in [0.15, 0.2) is 18.2 Å². The fourth-order valence-corrected chi connectivity index (χ4v) is 3.05. The zero-order valence-electron chi connectivity index (χ0n) is 13.0. The van der Waals surface area contributed by atoms with Crippen molar-refractivity contribution in [2.45, 2.75) is 19.9 Å². The SMILES string of the molecule is COc1cccc(F)c1[C@H](N1CCNCC1)C(C)(C)CO. The van der Waals surface area contributed by atoms with Crippen LogP contribution in [0.5, 0.6) is 5.75 Å². The first-order valence-electron chi connectivity index (χ1n) is 7.39. The lowest BCUT2D eigenvalue weighted by Crippen LogP contribution is -2.49. The van der Waals surface area contributed by atoms with Gasteiger partial charge in [0.15, 0.2) is 0 Å². The van der Waals surface area contributed by atoms with Gasteiger partial charge in [-0.05, 0) is 12.1 Å². The van der Waals surface area contributed by atoms with Gasteiger partial charge in [0, 0.05) is 49.8 Å². The summed E-state index contributed by atoms with van der Waals surface area (Å²) in [5.74, 6) is 0.263. The van der Waals surface area contributed by atoms with Crippen molar-refractivity contribution >= 4 is 0 Å². The summed E-state index contributed by atoms with van der Waals surface area (Å²) in [6, 6.07) is 4.67. The van der Waals surface area contributed by atoms with Gasteiger partial charge in [0.25, 0.3) is 0 Å². The van der Waals surface area contributed by atoms with Gasteiger partial charge >= 0.3 is 0 Å². The van der Waals surface area contributed by atoms with Crippen LogP contribution in [0.25, 0.3) is 0 Å². The molecule has 118 valence electrons. The predicted octanol–water partition coefficient (Wildman–Crippen LogP) is 1.80. The fraction of sp³-hybridized carbons (Fsp3) is 0.625. The highest BCUT2D eigenvalue weighted by atomic mass is 19.1. The van der Waals surface area contributed by atoms with Crippen LogP contribution in [-0.2, 0) is 0 Å². The monoisotopic (exact) mass is 296 g/mol. The average Bonchev–Trinajstić information content (AvgIpc) is 2.50. The van der Waals surface area contributed by atoms with Gasteiger partial charge in [-0.15, -0.1) is 0 Å². The highest BCUT2D eigenvalue weighted by Crippen LogP contribution is 2.43. The Hall–Kier alpha value is -1.17. The van der Waals surface area contributed by atoms with Crippen LogP contribution in [0, 0.1) is 11.2 Å². The molecule has 1 atom stereocenters. The molecule has 0 aromatic heterocycles. The molecule has 4 nitrogen and oxygen atoms in total. The molecule has 1 fully saturated rings. The largest absolute Gasteiger partial charge is 0.496 e. The first-order chi connectivity index (χ1) is 10.0. The number of hydrogen-bond donors (Lipinski definition) is 2. The molecule has 1 aromatic rings. The second-order valence-electron chi connectivity index (χ2n) is 6.19. The van der Waals surface area contributed by atoms with Crippen molar-refractivity contribution in [3.05, 3.63) is 29.6 Å². The van der Waals surface area contributed by atoms with E-state index in [-0.39, 0.29) is 18.5 Å². The number of rotatable bonds is 5. The van der Waals surface area contributed by atoms with Gasteiger partial charge in [-0.3, -0.25) is 4.90 Å². The Morgan fingerprint density at radius 3 is 2.62 bits per heavy atom. The molecule has 5 heteroatoms.